The fraction of sp³-hybridized carbons (Fsp3) is 0.273. The molecular formula is C22H22F3N3O. The molecule has 3 aromatic rings. The lowest BCUT2D eigenvalue weighted by molar-refractivity contribution is -0.136. The summed E-state index contributed by atoms with van der Waals surface area (Å²) in [6.07, 6.45) is -4.56. The van der Waals surface area contributed by atoms with Crippen molar-refractivity contribution in [3.8, 4) is 0 Å². The maximum absolute atomic E-state index is 13.3. The first kappa shape index (κ1) is 20.6. The summed E-state index contributed by atoms with van der Waals surface area (Å²) in [7, 11) is 0. The predicted molar refractivity (Wildman–Crippen MR) is 106 cm³/mol. The van der Waals surface area contributed by atoms with Gasteiger partial charge in [-0.2, -0.15) is 18.3 Å². The van der Waals surface area contributed by atoms with Gasteiger partial charge in [-0.3, -0.25) is 9.48 Å². The minimum atomic E-state index is -4.56. The Bertz CT molecular complexity index is 1000. The predicted octanol–water partition coefficient (Wildman–Crippen LogP) is 5.50. The number of nitrogens with one attached hydrogen (secondary N) is 1. The van der Waals surface area contributed by atoms with E-state index in [0.29, 0.717) is 12.2 Å². The van der Waals surface area contributed by atoms with E-state index in [1.54, 1.807) is 6.07 Å². The van der Waals surface area contributed by atoms with Crippen LogP contribution in [0.4, 0.5) is 18.9 Å². The summed E-state index contributed by atoms with van der Waals surface area (Å²) < 4.78 is 41.3. The topological polar surface area (TPSA) is 46.9 Å². The van der Waals surface area contributed by atoms with E-state index in [-0.39, 0.29) is 16.8 Å². The molecule has 0 fully saturated rings. The van der Waals surface area contributed by atoms with Crippen molar-refractivity contribution < 1.29 is 18.0 Å². The van der Waals surface area contributed by atoms with Crippen LogP contribution in [0.5, 0.6) is 0 Å². The van der Waals surface area contributed by atoms with Crippen molar-refractivity contribution in [3.63, 3.8) is 0 Å². The first-order valence-corrected chi connectivity index (χ1v) is 9.15. The molecule has 0 saturated heterocycles. The highest BCUT2D eigenvalue weighted by Gasteiger charge is 2.34. The zero-order valence-electron chi connectivity index (χ0n) is 16.4. The van der Waals surface area contributed by atoms with Crippen molar-refractivity contribution in [1.29, 1.82) is 0 Å². The van der Waals surface area contributed by atoms with Crippen LogP contribution in [0, 0.1) is 0 Å². The SMILES string of the molecule is CC(C)(C)c1cc(C(=O)Nc2ccccc2C(F)(F)F)n(Cc2ccccc2)n1. The van der Waals surface area contributed by atoms with Crippen LogP contribution in [0.25, 0.3) is 0 Å². The van der Waals surface area contributed by atoms with Crippen LogP contribution in [-0.2, 0) is 18.1 Å². The number of benzene rings is 2. The molecule has 0 atom stereocenters. The van der Waals surface area contributed by atoms with Gasteiger partial charge < -0.3 is 5.32 Å². The quantitative estimate of drug-likeness (QED) is 0.628. The minimum absolute atomic E-state index is 0.204. The minimum Gasteiger partial charge on any atom is -0.320 e. The molecule has 2 aromatic carbocycles. The van der Waals surface area contributed by atoms with Crippen LogP contribution >= 0.6 is 0 Å². The lowest BCUT2D eigenvalue weighted by atomic mass is 9.92. The number of carbonyl (C=O) groups excluding carboxylic acids is 1. The Morgan fingerprint density at radius 3 is 2.24 bits per heavy atom. The monoisotopic (exact) mass is 401 g/mol. The van der Waals surface area contributed by atoms with Gasteiger partial charge in [-0.25, -0.2) is 0 Å². The van der Waals surface area contributed by atoms with E-state index < -0.39 is 17.6 Å². The summed E-state index contributed by atoms with van der Waals surface area (Å²) in [5.74, 6) is -0.638. The highest BCUT2D eigenvalue weighted by atomic mass is 19.4. The van der Waals surface area contributed by atoms with Crippen molar-refractivity contribution in [2.75, 3.05) is 5.32 Å². The number of nitrogens with zero attached hydrogens (tertiary/aromatic N) is 2. The number of rotatable bonds is 4. The van der Waals surface area contributed by atoms with E-state index >= 15 is 0 Å². The van der Waals surface area contributed by atoms with Gasteiger partial charge in [-0.1, -0.05) is 63.2 Å². The Labute approximate surface area is 167 Å². The number of carbonyl (C=O) groups is 1. The maximum atomic E-state index is 13.3. The average Bonchev–Trinajstić information content (AvgIpc) is 3.06. The number of alkyl halides is 3. The molecule has 1 heterocycles. The van der Waals surface area contributed by atoms with Gasteiger partial charge in [0.25, 0.3) is 5.91 Å². The molecule has 0 aliphatic carbocycles. The number of amides is 1. The molecule has 3 rings (SSSR count). The summed E-state index contributed by atoms with van der Waals surface area (Å²) >= 11 is 0. The van der Waals surface area contributed by atoms with Gasteiger partial charge in [-0.05, 0) is 23.8 Å². The molecule has 7 heteroatoms. The summed E-state index contributed by atoms with van der Waals surface area (Å²) in [6, 6.07) is 16.0. The van der Waals surface area contributed by atoms with E-state index in [1.165, 1.54) is 22.9 Å². The summed E-state index contributed by atoms with van der Waals surface area (Å²) in [4.78, 5) is 12.9. The molecule has 0 unspecified atom stereocenters. The largest absolute Gasteiger partial charge is 0.418 e. The van der Waals surface area contributed by atoms with Gasteiger partial charge in [0.15, 0.2) is 0 Å². The fourth-order valence-corrected chi connectivity index (χ4v) is 2.87. The molecule has 4 nitrogen and oxygen atoms in total. The second kappa shape index (κ2) is 7.73. The number of halogens is 3. The van der Waals surface area contributed by atoms with Crippen molar-refractivity contribution in [2.24, 2.45) is 0 Å². The zero-order chi connectivity index (χ0) is 21.2. The fourth-order valence-electron chi connectivity index (χ4n) is 2.87. The van der Waals surface area contributed by atoms with E-state index in [9.17, 15) is 18.0 Å². The van der Waals surface area contributed by atoms with Crippen LogP contribution in [0.2, 0.25) is 0 Å². The van der Waals surface area contributed by atoms with Crippen molar-refractivity contribution in [2.45, 2.75) is 38.9 Å². The lowest BCUT2D eigenvalue weighted by Crippen LogP contribution is -2.20. The standard InChI is InChI=1S/C22H22F3N3O/c1-21(2,3)19-13-18(28(27-19)14-15-9-5-4-6-10-15)20(29)26-17-12-8-7-11-16(17)22(23,24)25/h4-13H,14H2,1-3H3,(H,26,29). The Morgan fingerprint density at radius 1 is 1.00 bits per heavy atom. The van der Waals surface area contributed by atoms with Crippen molar-refractivity contribution in [3.05, 3.63) is 83.2 Å². The normalized spacial score (nSPS) is 12.1. The second-order valence-corrected chi connectivity index (χ2v) is 7.81. The highest BCUT2D eigenvalue weighted by Crippen LogP contribution is 2.34. The van der Waals surface area contributed by atoms with Gasteiger partial charge in [0, 0.05) is 5.41 Å². The molecule has 1 aromatic heterocycles. The molecule has 152 valence electrons. The Balaban J connectivity index is 1.97. The van der Waals surface area contributed by atoms with Crippen LogP contribution in [0.3, 0.4) is 0 Å². The Hall–Kier alpha value is -3.09. The van der Waals surface area contributed by atoms with Gasteiger partial charge in [0.2, 0.25) is 0 Å². The Kier molecular flexibility index (Phi) is 5.50. The molecule has 1 amide bonds. The smallest absolute Gasteiger partial charge is 0.320 e. The lowest BCUT2D eigenvalue weighted by Gasteiger charge is -2.14. The van der Waals surface area contributed by atoms with Crippen LogP contribution in [-0.4, -0.2) is 15.7 Å². The first-order chi connectivity index (χ1) is 13.6. The third-order valence-electron chi connectivity index (χ3n) is 4.44. The first-order valence-electron chi connectivity index (χ1n) is 9.15. The van der Waals surface area contributed by atoms with Gasteiger partial charge in [0.1, 0.15) is 5.69 Å². The number of para-hydroxylation sites is 1. The molecule has 29 heavy (non-hydrogen) atoms. The number of aromatic nitrogens is 2. The number of anilines is 1. The van der Waals surface area contributed by atoms with E-state index in [1.807, 2.05) is 51.1 Å². The van der Waals surface area contributed by atoms with E-state index in [0.717, 1.165) is 11.6 Å². The number of hydrogen-bond donors (Lipinski definition) is 1. The molecule has 0 radical (unpaired) electrons. The van der Waals surface area contributed by atoms with Crippen LogP contribution < -0.4 is 5.32 Å². The highest BCUT2D eigenvalue weighted by molar-refractivity contribution is 6.03. The maximum Gasteiger partial charge on any atom is 0.418 e. The molecule has 0 aliphatic rings. The van der Waals surface area contributed by atoms with Gasteiger partial charge >= 0.3 is 6.18 Å². The third-order valence-corrected chi connectivity index (χ3v) is 4.44. The third kappa shape index (κ3) is 4.85. The molecule has 0 spiro atoms. The van der Waals surface area contributed by atoms with Gasteiger partial charge in [0.05, 0.1) is 23.5 Å². The summed E-state index contributed by atoms with van der Waals surface area (Å²) in [5, 5.41) is 6.95. The van der Waals surface area contributed by atoms with Crippen molar-refractivity contribution in [1.82, 2.24) is 9.78 Å². The zero-order valence-corrected chi connectivity index (χ0v) is 16.4. The van der Waals surface area contributed by atoms with Crippen LogP contribution in [0.1, 0.15) is 48.1 Å². The summed E-state index contributed by atoms with van der Waals surface area (Å²) in [5.41, 5.74) is 0.327. The van der Waals surface area contributed by atoms with Crippen LogP contribution in [0.15, 0.2) is 60.7 Å². The van der Waals surface area contributed by atoms with E-state index in [2.05, 4.69) is 10.4 Å². The number of hydrogen-bond acceptors (Lipinski definition) is 2. The Morgan fingerprint density at radius 2 is 1.62 bits per heavy atom. The molecule has 0 saturated carbocycles. The van der Waals surface area contributed by atoms with Gasteiger partial charge in [-0.15, -0.1) is 0 Å². The molecule has 1 N–H and O–H groups in total. The molecule has 0 bridgehead atoms. The second-order valence-electron chi connectivity index (χ2n) is 7.81. The van der Waals surface area contributed by atoms with Crippen molar-refractivity contribution >= 4 is 11.6 Å². The van der Waals surface area contributed by atoms with E-state index in [4.69, 9.17) is 0 Å². The molecular weight excluding hydrogens is 379 g/mol. The average molecular weight is 401 g/mol. The molecule has 0 aliphatic heterocycles. The summed E-state index contributed by atoms with van der Waals surface area (Å²) in [6.45, 7) is 6.22.